The topological polar surface area (TPSA) is 12.4 Å². The first-order valence-electron chi connectivity index (χ1n) is 3.59. The Bertz CT molecular complexity index is 383. The molecular formula is C9H7NS2. The summed E-state index contributed by atoms with van der Waals surface area (Å²) in [4.78, 5) is 4.43. The van der Waals surface area contributed by atoms with Gasteiger partial charge in [0, 0.05) is 5.38 Å². The van der Waals surface area contributed by atoms with E-state index in [1.54, 1.807) is 20.7 Å². The minimum absolute atomic E-state index is 1.02. The number of hydrogen-bond donors (Lipinski definition) is 0. The molecule has 0 aliphatic carbocycles. The van der Waals surface area contributed by atoms with Crippen LogP contribution in [-0.4, -0.2) is 0 Å². The first-order chi connectivity index (χ1) is 5.95. The van der Waals surface area contributed by atoms with Crippen LogP contribution in [-0.2, 0) is 0 Å². The fourth-order valence-corrected chi connectivity index (χ4v) is 2.48. The van der Waals surface area contributed by atoms with E-state index in [0.717, 1.165) is 10.4 Å². The molecule has 0 spiro atoms. The summed E-state index contributed by atoms with van der Waals surface area (Å²) in [6.45, 7) is 0. The molecule has 3 heteroatoms. The molecule has 2 aromatic rings. The maximum Gasteiger partial charge on any atom is 0.127 e. The molecule has 1 heterocycles. The van der Waals surface area contributed by atoms with Crippen LogP contribution in [0, 0.1) is 0 Å². The van der Waals surface area contributed by atoms with Crippen molar-refractivity contribution in [2.45, 2.75) is 0 Å². The fourth-order valence-electron chi connectivity index (χ4n) is 0.877. The molecule has 0 saturated carbocycles. The highest BCUT2D eigenvalue weighted by Gasteiger charge is 1.85. The maximum atomic E-state index is 4.43. The standard InChI is InChI=1S/C9H7NS2/c1-2-4-8(5-3-1)10-9-6-7-11-12-9/h1-7H/b10-9+. The van der Waals surface area contributed by atoms with Crippen LogP contribution in [0.4, 0.5) is 5.69 Å². The fraction of sp³-hybridized carbons (Fsp3) is 0. The second-order valence-corrected chi connectivity index (χ2v) is 4.39. The van der Waals surface area contributed by atoms with Crippen LogP contribution in [0.15, 0.2) is 46.8 Å². The highest BCUT2D eigenvalue weighted by atomic mass is 32.9. The summed E-state index contributed by atoms with van der Waals surface area (Å²) >= 11 is 0. The number of benzene rings is 1. The molecule has 2 rings (SSSR count). The summed E-state index contributed by atoms with van der Waals surface area (Å²) < 4.78 is 1.08. The van der Waals surface area contributed by atoms with Gasteiger partial charge in [-0.3, -0.25) is 0 Å². The monoisotopic (exact) mass is 193 g/mol. The van der Waals surface area contributed by atoms with Gasteiger partial charge in [-0.2, -0.15) is 0 Å². The molecule has 60 valence electrons. The van der Waals surface area contributed by atoms with Gasteiger partial charge in [0.25, 0.3) is 0 Å². The Balaban J connectivity index is 2.42. The lowest BCUT2D eigenvalue weighted by Crippen LogP contribution is -1.86. The molecule has 0 saturated heterocycles. The van der Waals surface area contributed by atoms with Crippen LogP contribution < -0.4 is 4.67 Å². The van der Waals surface area contributed by atoms with E-state index >= 15 is 0 Å². The largest absolute Gasteiger partial charge is 0.237 e. The van der Waals surface area contributed by atoms with Crippen LogP contribution in [0.25, 0.3) is 0 Å². The molecule has 1 aromatic carbocycles. The minimum atomic E-state index is 1.02. The van der Waals surface area contributed by atoms with Crippen molar-refractivity contribution in [1.29, 1.82) is 0 Å². The lowest BCUT2D eigenvalue weighted by atomic mass is 10.3. The summed E-state index contributed by atoms with van der Waals surface area (Å²) in [6.07, 6.45) is 0. The van der Waals surface area contributed by atoms with Crippen molar-refractivity contribution >= 4 is 26.4 Å². The number of para-hydroxylation sites is 1. The molecular weight excluding hydrogens is 186 g/mol. The zero-order valence-electron chi connectivity index (χ0n) is 6.31. The van der Waals surface area contributed by atoms with Crippen molar-refractivity contribution in [1.82, 2.24) is 0 Å². The Kier molecular flexibility index (Phi) is 2.34. The van der Waals surface area contributed by atoms with Crippen LogP contribution in [0.2, 0.25) is 0 Å². The summed E-state index contributed by atoms with van der Waals surface area (Å²) in [6, 6.07) is 12.0. The first-order valence-corrected chi connectivity index (χ1v) is 5.80. The van der Waals surface area contributed by atoms with Gasteiger partial charge in [-0.05, 0) is 18.2 Å². The highest BCUT2D eigenvalue weighted by Crippen LogP contribution is 2.09. The first kappa shape index (κ1) is 7.71. The van der Waals surface area contributed by atoms with Crippen molar-refractivity contribution in [2.24, 2.45) is 4.99 Å². The van der Waals surface area contributed by atoms with Crippen molar-refractivity contribution < 1.29 is 0 Å². The average Bonchev–Trinajstić information content (AvgIpc) is 2.59. The molecule has 0 atom stereocenters. The molecule has 0 aliphatic rings. The normalized spacial score (nSPS) is 11.8. The molecule has 1 aromatic heterocycles. The molecule has 0 amide bonds. The molecule has 0 bridgehead atoms. The third-order valence-electron chi connectivity index (χ3n) is 1.40. The lowest BCUT2D eigenvalue weighted by Gasteiger charge is -1.87. The molecule has 12 heavy (non-hydrogen) atoms. The van der Waals surface area contributed by atoms with E-state index in [1.807, 2.05) is 41.8 Å². The van der Waals surface area contributed by atoms with Gasteiger partial charge in [-0.25, -0.2) is 4.99 Å². The number of hydrogen-bond acceptors (Lipinski definition) is 3. The van der Waals surface area contributed by atoms with Gasteiger partial charge in [0.2, 0.25) is 0 Å². The van der Waals surface area contributed by atoms with E-state index in [0.29, 0.717) is 0 Å². The quantitative estimate of drug-likeness (QED) is 0.617. The van der Waals surface area contributed by atoms with Crippen molar-refractivity contribution in [3.63, 3.8) is 0 Å². The summed E-state index contributed by atoms with van der Waals surface area (Å²) in [7, 11) is 3.40. The van der Waals surface area contributed by atoms with Gasteiger partial charge in [-0.15, -0.1) is 0 Å². The van der Waals surface area contributed by atoms with Gasteiger partial charge in [-0.1, -0.05) is 38.9 Å². The van der Waals surface area contributed by atoms with Crippen molar-refractivity contribution in [3.8, 4) is 0 Å². The Morgan fingerprint density at radius 3 is 2.50 bits per heavy atom. The van der Waals surface area contributed by atoms with Gasteiger partial charge < -0.3 is 0 Å². The summed E-state index contributed by atoms with van der Waals surface area (Å²) in [5.41, 5.74) is 1.02. The molecule has 0 N–H and O–H groups in total. The smallest absolute Gasteiger partial charge is 0.127 e. The SMILES string of the molecule is c1ccc(/N=c2\ccss2)cc1. The second kappa shape index (κ2) is 3.65. The van der Waals surface area contributed by atoms with Crippen LogP contribution in [0.3, 0.4) is 0 Å². The Morgan fingerprint density at radius 1 is 1.00 bits per heavy atom. The van der Waals surface area contributed by atoms with Crippen molar-refractivity contribution in [2.75, 3.05) is 0 Å². The molecule has 0 radical (unpaired) electrons. The van der Waals surface area contributed by atoms with Gasteiger partial charge in [0.05, 0.1) is 5.69 Å². The maximum absolute atomic E-state index is 4.43. The Morgan fingerprint density at radius 2 is 1.83 bits per heavy atom. The number of rotatable bonds is 1. The lowest BCUT2D eigenvalue weighted by molar-refractivity contribution is 1.42. The second-order valence-electron chi connectivity index (χ2n) is 2.27. The van der Waals surface area contributed by atoms with E-state index in [-0.39, 0.29) is 0 Å². The molecule has 0 fully saturated rings. The van der Waals surface area contributed by atoms with Crippen LogP contribution in [0.1, 0.15) is 0 Å². The molecule has 1 nitrogen and oxygen atoms in total. The highest BCUT2D eigenvalue weighted by molar-refractivity contribution is 7.67. The zero-order chi connectivity index (χ0) is 8.23. The van der Waals surface area contributed by atoms with E-state index in [1.165, 1.54) is 0 Å². The number of nitrogens with zero attached hydrogens (tertiary/aromatic N) is 1. The minimum Gasteiger partial charge on any atom is -0.237 e. The average molecular weight is 193 g/mol. The third kappa shape index (κ3) is 1.81. The summed E-state index contributed by atoms with van der Waals surface area (Å²) in [5.74, 6) is 0. The molecule has 0 unspecified atom stereocenters. The Labute approximate surface area is 78.1 Å². The third-order valence-corrected chi connectivity index (χ3v) is 3.27. The predicted molar refractivity (Wildman–Crippen MR) is 53.9 cm³/mol. The zero-order valence-corrected chi connectivity index (χ0v) is 7.94. The van der Waals surface area contributed by atoms with Gasteiger partial charge in [0.1, 0.15) is 4.67 Å². The van der Waals surface area contributed by atoms with Crippen LogP contribution in [0.5, 0.6) is 0 Å². The van der Waals surface area contributed by atoms with E-state index < -0.39 is 0 Å². The summed E-state index contributed by atoms with van der Waals surface area (Å²) in [5, 5.41) is 2.05. The van der Waals surface area contributed by atoms with Gasteiger partial charge in [0.15, 0.2) is 0 Å². The predicted octanol–water partition coefficient (Wildman–Crippen LogP) is 3.04. The van der Waals surface area contributed by atoms with E-state index in [2.05, 4.69) is 4.99 Å². The van der Waals surface area contributed by atoms with E-state index in [9.17, 15) is 0 Å². The van der Waals surface area contributed by atoms with Crippen molar-refractivity contribution in [3.05, 3.63) is 46.4 Å². The van der Waals surface area contributed by atoms with E-state index in [4.69, 9.17) is 0 Å². The van der Waals surface area contributed by atoms with Crippen LogP contribution >= 0.6 is 20.7 Å². The molecule has 0 aliphatic heterocycles. The van der Waals surface area contributed by atoms with Gasteiger partial charge >= 0.3 is 0 Å². The Hall–Kier alpha value is -0.930.